The number of ketones is 1. The highest BCUT2D eigenvalue weighted by Crippen LogP contribution is 2.43. The molecular weight excluding hydrogens is 816 g/mol. The van der Waals surface area contributed by atoms with Gasteiger partial charge in [-0.1, -0.05) is 43.2 Å². The fourth-order valence-corrected chi connectivity index (χ4v) is 10.0. The van der Waals surface area contributed by atoms with Crippen molar-refractivity contribution >= 4 is 60.9 Å². The lowest BCUT2D eigenvalue weighted by Crippen LogP contribution is -2.47. The second-order valence-electron chi connectivity index (χ2n) is 17.1. The first-order chi connectivity index (χ1) is 29.3. The number of nitro benzene ring substituents is 1. The largest absolute Gasteiger partial charge is 0.455 e. The van der Waals surface area contributed by atoms with Gasteiger partial charge in [-0.15, -0.1) is 0 Å². The van der Waals surface area contributed by atoms with Crippen molar-refractivity contribution in [1.29, 1.82) is 0 Å². The molecule has 320 valence electrons. The molecule has 0 unspecified atom stereocenters. The van der Waals surface area contributed by atoms with Crippen molar-refractivity contribution in [2.75, 3.05) is 68.5 Å². The third-order valence-electron chi connectivity index (χ3n) is 12.2. The standard InChI is InChI=1S/C46H51ClN6O7S/c1-46(2)15-11-39(32-3-5-35(47)6-4-32)34(26-46)29-51-17-19-52(20-18-51)36-7-9-40(44(24-36)60-37-23-33-12-16-48-45(33)50-28-37)43(54)30-61(57,58)38-8-10-41(42(25-38)53(55)56)49-27-31-13-21-59-22-14-31/h3-10,12,16,23-25,28,31,49H,11,13-15,17-22,26-27,29-30H2,1-2H3,(H,48,50). The van der Waals surface area contributed by atoms with Crippen molar-refractivity contribution in [1.82, 2.24) is 14.9 Å². The average Bonchev–Trinajstić information content (AvgIpc) is 3.72. The molecule has 0 bridgehead atoms. The molecule has 2 N–H and O–H groups in total. The summed E-state index contributed by atoms with van der Waals surface area (Å²) in [5.41, 5.74) is 5.80. The maximum absolute atomic E-state index is 14.0. The number of hydrogen-bond acceptors (Lipinski definition) is 11. The summed E-state index contributed by atoms with van der Waals surface area (Å²) in [7, 11) is -4.30. The molecule has 0 radical (unpaired) electrons. The van der Waals surface area contributed by atoms with Crippen LogP contribution >= 0.6 is 11.6 Å². The first kappa shape index (κ1) is 42.4. The molecule has 2 saturated heterocycles. The van der Waals surface area contributed by atoms with Gasteiger partial charge in [0.2, 0.25) is 0 Å². The number of nitrogens with one attached hydrogen (secondary N) is 2. The van der Waals surface area contributed by atoms with Gasteiger partial charge in [-0.05, 0) is 103 Å². The SMILES string of the molecule is CC1(C)CCC(c2ccc(Cl)cc2)=C(CN2CCN(c3ccc(C(=O)CS(=O)(=O)c4ccc(NCC5CCOCC5)c([N+](=O)[O-])c4)c(Oc4cnc5[nH]ccc5c4)c3)CC2)C1. The van der Waals surface area contributed by atoms with Crippen molar-refractivity contribution < 1.29 is 27.6 Å². The third-order valence-corrected chi connectivity index (χ3v) is 14.0. The number of halogens is 1. The van der Waals surface area contributed by atoms with E-state index in [1.165, 1.54) is 28.8 Å². The lowest BCUT2D eigenvalue weighted by molar-refractivity contribution is -0.384. The Hall–Kier alpha value is -5.28. The van der Waals surface area contributed by atoms with E-state index in [1.807, 2.05) is 24.3 Å². The highest BCUT2D eigenvalue weighted by Gasteiger charge is 2.31. The van der Waals surface area contributed by atoms with E-state index in [2.05, 4.69) is 51.1 Å². The molecule has 13 nitrogen and oxygen atoms in total. The zero-order valence-electron chi connectivity index (χ0n) is 34.5. The molecule has 3 aliphatic rings. The second kappa shape index (κ2) is 18.0. The molecule has 0 amide bonds. The number of rotatable bonds is 14. The number of allylic oxidation sites excluding steroid dienone is 1. The predicted octanol–water partition coefficient (Wildman–Crippen LogP) is 9.20. The number of ether oxygens (including phenoxy) is 2. The highest BCUT2D eigenvalue weighted by molar-refractivity contribution is 7.92. The molecule has 5 aromatic rings. The maximum Gasteiger partial charge on any atom is 0.293 e. The van der Waals surface area contributed by atoms with Crippen LogP contribution < -0.4 is 15.0 Å². The quantitative estimate of drug-likeness (QED) is 0.0622. The normalized spacial score (nSPS) is 17.7. The molecule has 0 atom stereocenters. The van der Waals surface area contributed by atoms with Crippen LogP contribution in [-0.2, 0) is 14.6 Å². The highest BCUT2D eigenvalue weighted by atomic mass is 35.5. The summed E-state index contributed by atoms with van der Waals surface area (Å²) in [6, 6.07) is 20.8. The van der Waals surface area contributed by atoms with Gasteiger partial charge >= 0.3 is 0 Å². The van der Waals surface area contributed by atoms with Crippen LogP contribution in [0.15, 0.2) is 95.7 Å². The number of anilines is 2. The van der Waals surface area contributed by atoms with E-state index in [0.717, 1.165) is 87.0 Å². The Morgan fingerprint density at radius 3 is 2.56 bits per heavy atom. The Morgan fingerprint density at radius 2 is 1.80 bits per heavy atom. The van der Waals surface area contributed by atoms with Gasteiger partial charge in [-0.25, -0.2) is 13.4 Å². The molecular formula is C46H51ClN6O7S. The van der Waals surface area contributed by atoms with E-state index >= 15 is 0 Å². The summed E-state index contributed by atoms with van der Waals surface area (Å²) in [6.07, 6.45) is 8.19. The zero-order valence-corrected chi connectivity index (χ0v) is 36.1. The maximum atomic E-state index is 14.0. The van der Waals surface area contributed by atoms with Crippen molar-refractivity contribution in [3.05, 3.63) is 117 Å². The Kier molecular flexibility index (Phi) is 12.5. The number of benzene rings is 3. The number of piperazine rings is 1. The van der Waals surface area contributed by atoms with Gasteiger partial charge in [-0.2, -0.15) is 0 Å². The number of carbonyl (C=O) groups is 1. The van der Waals surface area contributed by atoms with E-state index in [1.54, 1.807) is 30.6 Å². The molecule has 61 heavy (non-hydrogen) atoms. The molecule has 3 aromatic carbocycles. The number of aromatic amines is 1. The van der Waals surface area contributed by atoms with Crippen LogP contribution in [0.1, 0.15) is 61.9 Å². The summed E-state index contributed by atoms with van der Waals surface area (Å²) in [6.45, 7) is 10.5. The minimum Gasteiger partial charge on any atom is -0.455 e. The number of Topliss-reactive ketones (excluding diaryl/α,β-unsaturated/α-hetero) is 1. The molecule has 4 heterocycles. The van der Waals surface area contributed by atoms with Crippen molar-refractivity contribution in [2.45, 2.75) is 50.8 Å². The number of hydrogen-bond donors (Lipinski definition) is 2. The van der Waals surface area contributed by atoms with Crippen LogP contribution in [0.4, 0.5) is 17.1 Å². The molecule has 2 fully saturated rings. The van der Waals surface area contributed by atoms with Gasteiger partial charge in [-0.3, -0.25) is 19.8 Å². The number of sulfone groups is 1. The number of nitro groups is 1. The van der Waals surface area contributed by atoms with E-state index in [-0.39, 0.29) is 38.9 Å². The lowest BCUT2D eigenvalue weighted by Gasteiger charge is -2.39. The first-order valence-electron chi connectivity index (χ1n) is 20.9. The molecule has 1 aliphatic carbocycles. The monoisotopic (exact) mass is 866 g/mol. The van der Waals surface area contributed by atoms with Crippen LogP contribution in [0.3, 0.4) is 0 Å². The number of fused-ring (bicyclic) bond motifs is 1. The van der Waals surface area contributed by atoms with E-state index < -0.39 is 26.3 Å². The summed E-state index contributed by atoms with van der Waals surface area (Å²) in [5, 5.41) is 16.8. The number of H-pyrrole nitrogens is 1. The number of carbonyl (C=O) groups excluding carboxylic acids is 1. The minimum atomic E-state index is -4.30. The van der Waals surface area contributed by atoms with Crippen molar-refractivity contribution in [2.24, 2.45) is 11.3 Å². The van der Waals surface area contributed by atoms with Gasteiger partial charge in [0.15, 0.2) is 15.6 Å². The molecule has 15 heteroatoms. The van der Waals surface area contributed by atoms with Gasteiger partial charge in [0.05, 0.1) is 21.6 Å². The summed E-state index contributed by atoms with van der Waals surface area (Å²) in [5.74, 6) is -0.753. The van der Waals surface area contributed by atoms with Crippen LogP contribution in [0, 0.1) is 21.4 Å². The summed E-state index contributed by atoms with van der Waals surface area (Å²) >= 11 is 6.23. The van der Waals surface area contributed by atoms with Crippen molar-refractivity contribution in [3.8, 4) is 11.5 Å². The van der Waals surface area contributed by atoms with Gasteiger partial charge < -0.3 is 24.7 Å². The van der Waals surface area contributed by atoms with Crippen LogP contribution in [0.25, 0.3) is 16.6 Å². The number of pyridine rings is 1. The summed E-state index contributed by atoms with van der Waals surface area (Å²) < 4.78 is 39.3. The Bertz CT molecular complexity index is 2560. The fraction of sp³-hybridized carbons (Fsp3) is 0.391. The smallest absolute Gasteiger partial charge is 0.293 e. The molecule has 0 spiro atoms. The van der Waals surface area contributed by atoms with E-state index in [4.69, 9.17) is 21.1 Å². The molecule has 8 rings (SSSR count). The molecule has 0 saturated carbocycles. The Labute approximate surface area is 361 Å². The Balaban J connectivity index is 1.01. The fourth-order valence-electron chi connectivity index (χ4n) is 8.67. The number of aromatic nitrogens is 2. The average molecular weight is 867 g/mol. The van der Waals surface area contributed by atoms with Crippen LogP contribution in [0.5, 0.6) is 11.5 Å². The second-order valence-corrected chi connectivity index (χ2v) is 19.5. The van der Waals surface area contributed by atoms with Gasteiger partial charge in [0.25, 0.3) is 5.69 Å². The predicted molar refractivity (Wildman–Crippen MR) is 239 cm³/mol. The summed E-state index contributed by atoms with van der Waals surface area (Å²) in [4.78, 5) is 37.4. The van der Waals surface area contributed by atoms with Crippen LogP contribution in [-0.4, -0.2) is 92.2 Å². The first-order valence-corrected chi connectivity index (χ1v) is 22.9. The topological polar surface area (TPSA) is 160 Å². The van der Waals surface area contributed by atoms with E-state index in [0.29, 0.717) is 31.2 Å². The zero-order chi connectivity index (χ0) is 42.7. The lowest BCUT2D eigenvalue weighted by atomic mass is 9.73. The van der Waals surface area contributed by atoms with Crippen molar-refractivity contribution in [3.63, 3.8) is 0 Å². The minimum absolute atomic E-state index is 0.0750. The van der Waals surface area contributed by atoms with Crippen LogP contribution in [0.2, 0.25) is 5.02 Å². The number of nitrogens with zero attached hydrogens (tertiary/aromatic N) is 4. The van der Waals surface area contributed by atoms with Gasteiger partial charge in [0, 0.05) is 86.9 Å². The van der Waals surface area contributed by atoms with Gasteiger partial charge in [0.1, 0.15) is 28.6 Å². The molecule has 2 aliphatic heterocycles. The third kappa shape index (κ3) is 10.1. The molecule has 2 aromatic heterocycles. The Morgan fingerprint density at radius 1 is 1.03 bits per heavy atom. The van der Waals surface area contributed by atoms with E-state index in [9.17, 15) is 23.3 Å².